The molecule has 0 aliphatic rings. The summed E-state index contributed by atoms with van der Waals surface area (Å²) in [5, 5.41) is 3.86. The monoisotopic (exact) mass is 371 g/mol. The molecule has 21 heavy (non-hydrogen) atoms. The number of hydrogen-bond acceptors (Lipinski definition) is 2. The number of methoxy groups -OCH3 is 1. The SMILES string of the molecule is CCNC(c1cc(F)ccc1Cl)c1cc(OC)ccc1Br. The summed E-state index contributed by atoms with van der Waals surface area (Å²) >= 11 is 9.79. The van der Waals surface area contributed by atoms with E-state index in [1.807, 2.05) is 25.1 Å². The molecule has 5 heteroatoms. The average Bonchev–Trinajstić information content (AvgIpc) is 2.48. The molecule has 0 amide bonds. The second-order valence-electron chi connectivity index (χ2n) is 4.54. The zero-order chi connectivity index (χ0) is 15.4. The van der Waals surface area contributed by atoms with Gasteiger partial charge in [0.1, 0.15) is 11.6 Å². The lowest BCUT2D eigenvalue weighted by atomic mass is 9.98. The highest BCUT2D eigenvalue weighted by Gasteiger charge is 2.20. The van der Waals surface area contributed by atoms with Gasteiger partial charge in [-0.3, -0.25) is 0 Å². The number of rotatable bonds is 5. The van der Waals surface area contributed by atoms with Gasteiger partial charge in [-0.15, -0.1) is 0 Å². The first-order valence-corrected chi connectivity index (χ1v) is 7.75. The molecule has 1 unspecified atom stereocenters. The van der Waals surface area contributed by atoms with Crippen molar-refractivity contribution in [3.8, 4) is 5.75 Å². The van der Waals surface area contributed by atoms with Gasteiger partial charge in [-0.2, -0.15) is 0 Å². The van der Waals surface area contributed by atoms with Gasteiger partial charge in [-0.05, 0) is 54.1 Å². The van der Waals surface area contributed by atoms with E-state index in [-0.39, 0.29) is 11.9 Å². The maximum absolute atomic E-state index is 13.6. The maximum atomic E-state index is 13.6. The molecule has 0 radical (unpaired) electrons. The van der Waals surface area contributed by atoms with Gasteiger partial charge in [0.2, 0.25) is 0 Å². The van der Waals surface area contributed by atoms with Crippen LogP contribution in [0.4, 0.5) is 4.39 Å². The molecule has 1 atom stereocenters. The first-order valence-electron chi connectivity index (χ1n) is 6.58. The van der Waals surface area contributed by atoms with Gasteiger partial charge in [-0.1, -0.05) is 34.5 Å². The molecule has 0 bridgehead atoms. The van der Waals surface area contributed by atoms with Crippen molar-refractivity contribution in [3.05, 3.63) is 62.8 Å². The molecule has 0 saturated heterocycles. The average molecular weight is 373 g/mol. The molecule has 0 aliphatic carbocycles. The lowest BCUT2D eigenvalue weighted by Gasteiger charge is -2.22. The topological polar surface area (TPSA) is 21.3 Å². The molecule has 2 aromatic rings. The highest BCUT2D eigenvalue weighted by Crippen LogP contribution is 2.35. The summed E-state index contributed by atoms with van der Waals surface area (Å²) < 4.78 is 19.8. The van der Waals surface area contributed by atoms with Crippen LogP contribution in [0.3, 0.4) is 0 Å². The number of ether oxygens (including phenoxy) is 1. The van der Waals surface area contributed by atoms with Crippen LogP contribution in [0.15, 0.2) is 40.9 Å². The summed E-state index contributed by atoms with van der Waals surface area (Å²) in [6.45, 7) is 2.72. The Morgan fingerprint density at radius 1 is 1.24 bits per heavy atom. The van der Waals surface area contributed by atoms with Crippen LogP contribution in [-0.2, 0) is 0 Å². The first-order chi connectivity index (χ1) is 10.1. The zero-order valence-electron chi connectivity index (χ0n) is 11.8. The van der Waals surface area contributed by atoms with Gasteiger partial charge >= 0.3 is 0 Å². The Bertz CT molecular complexity index is 636. The molecule has 0 aromatic heterocycles. The molecule has 0 aliphatic heterocycles. The first kappa shape index (κ1) is 16.3. The molecule has 2 nitrogen and oxygen atoms in total. The molecule has 0 saturated carbocycles. The minimum Gasteiger partial charge on any atom is -0.497 e. The van der Waals surface area contributed by atoms with Gasteiger partial charge in [-0.25, -0.2) is 4.39 Å². The summed E-state index contributed by atoms with van der Waals surface area (Å²) in [6, 6.07) is 9.86. The number of halogens is 3. The van der Waals surface area contributed by atoms with Crippen LogP contribution in [0.25, 0.3) is 0 Å². The molecule has 0 spiro atoms. The van der Waals surface area contributed by atoms with Crippen molar-refractivity contribution < 1.29 is 9.13 Å². The van der Waals surface area contributed by atoms with Crippen LogP contribution in [0, 0.1) is 5.82 Å². The van der Waals surface area contributed by atoms with E-state index in [0.717, 1.165) is 22.3 Å². The van der Waals surface area contributed by atoms with E-state index in [0.29, 0.717) is 10.6 Å². The predicted molar refractivity (Wildman–Crippen MR) is 87.6 cm³/mol. The van der Waals surface area contributed by atoms with Crippen LogP contribution in [-0.4, -0.2) is 13.7 Å². The van der Waals surface area contributed by atoms with Crippen molar-refractivity contribution in [2.45, 2.75) is 13.0 Å². The quantitative estimate of drug-likeness (QED) is 0.802. The van der Waals surface area contributed by atoms with Crippen LogP contribution in [0.2, 0.25) is 5.02 Å². The van der Waals surface area contributed by atoms with E-state index in [2.05, 4.69) is 21.2 Å². The molecule has 2 rings (SSSR count). The molecule has 2 aromatic carbocycles. The van der Waals surface area contributed by atoms with Gasteiger partial charge in [0, 0.05) is 9.50 Å². The molecule has 0 fully saturated rings. The lowest BCUT2D eigenvalue weighted by molar-refractivity contribution is 0.413. The van der Waals surface area contributed by atoms with E-state index in [4.69, 9.17) is 16.3 Å². The summed E-state index contributed by atoms with van der Waals surface area (Å²) in [5.74, 6) is 0.431. The number of hydrogen-bond donors (Lipinski definition) is 1. The highest BCUT2D eigenvalue weighted by molar-refractivity contribution is 9.10. The second kappa shape index (κ2) is 7.25. The Hall–Kier alpha value is -1.10. The van der Waals surface area contributed by atoms with E-state index in [9.17, 15) is 4.39 Å². The van der Waals surface area contributed by atoms with Crippen LogP contribution in [0.1, 0.15) is 24.1 Å². The van der Waals surface area contributed by atoms with Crippen molar-refractivity contribution in [1.82, 2.24) is 5.32 Å². The fraction of sp³-hybridized carbons (Fsp3) is 0.250. The van der Waals surface area contributed by atoms with Crippen LogP contribution in [0.5, 0.6) is 5.75 Å². The molecule has 112 valence electrons. The van der Waals surface area contributed by atoms with E-state index in [1.165, 1.54) is 12.1 Å². The van der Waals surface area contributed by atoms with Crippen molar-refractivity contribution in [1.29, 1.82) is 0 Å². The van der Waals surface area contributed by atoms with E-state index >= 15 is 0 Å². The van der Waals surface area contributed by atoms with Crippen molar-refractivity contribution in [2.24, 2.45) is 0 Å². The zero-order valence-corrected chi connectivity index (χ0v) is 14.1. The minimum atomic E-state index is -0.309. The summed E-state index contributed by atoms with van der Waals surface area (Å²) in [6.07, 6.45) is 0. The van der Waals surface area contributed by atoms with E-state index < -0.39 is 0 Å². The smallest absolute Gasteiger partial charge is 0.123 e. The fourth-order valence-corrected chi connectivity index (χ4v) is 2.90. The largest absolute Gasteiger partial charge is 0.497 e. The third kappa shape index (κ3) is 3.76. The summed E-state index contributed by atoms with van der Waals surface area (Å²) in [7, 11) is 1.62. The predicted octanol–water partition coefficient (Wildman–Crippen LogP) is 4.95. The van der Waals surface area contributed by atoms with Gasteiger partial charge < -0.3 is 10.1 Å². The number of benzene rings is 2. The third-order valence-electron chi connectivity index (χ3n) is 3.19. The molecule has 0 heterocycles. The van der Waals surface area contributed by atoms with Crippen molar-refractivity contribution in [2.75, 3.05) is 13.7 Å². The fourth-order valence-electron chi connectivity index (χ4n) is 2.20. The Morgan fingerprint density at radius 3 is 2.67 bits per heavy atom. The summed E-state index contributed by atoms with van der Waals surface area (Å²) in [4.78, 5) is 0. The standard InChI is InChI=1S/C16H16BrClFNO/c1-3-20-16(13-8-10(19)4-7-15(13)18)12-9-11(21-2)5-6-14(12)17/h4-9,16,20H,3H2,1-2H3. The van der Waals surface area contributed by atoms with E-state index in [1.54, 1.807) is 13.2 Å². The normalized spacial score (nSPS) is 12.2. The highest BCUT2D eigenvalue weighted by atomic mass is 79.9. The molecular weight excluding hydrogens is 357 g/mol. The Balaban J connectivity index is 2.55. The third-order valence-corrected chi connectivity index (χ3v) is 4.26. The summed E-state index contributed by atoms with van der Waals surface area (Å²) in [5.41, 5.74) is 1.65. The Labute approximate surface area is 137 Å². The van der Waals surface area contributed by atoms with Gasteiger partial charge in [0.15, 0.2) is 0 Å². The lowest BCUT2D eigenvalue weighted by Crippen LogP contribution is -2.23. The van der Waals surface area contributed by atoms with Gasteiger partial charge in [0.05, 0.1) is 13.2 Å². The Morgan fingerprint density at radius 2 is 2.00 bits per heavy atom. The van der Waals surface area contributed by atoms with Crippen molar-refractivity contribution >= 4 is 27.5 Å². The Kier molecular flexibility index (Phi) is 5.62. The molecular formula is C16H16BrClFNO. The maximum Gasteiger partial charge on any atom is 0.123 e. The van der Waals surface area contributed by atoms with Crippen LogP contribution < -0.4 is 10.1 Å². The number of nitrogens with one attached hydrogen (secondary N) is 1. The van der Waals surface area contributed by atoms with Crippen molar-refractivity contribution in [3.63, 3.8) is 0 Å². The van der Waals surface area contributed by atoms with Gasteiger partial charge in [0.25, 0.3) is 0 Å². The van der Waals surface area contributed by atoms with Crippen LogP contribution >= 0.6 is 27.5 Å². The second-order valence-corrected chi connectivity index (χ2v) is 5.81. The molecule has 1 N–H and O–H groups in total. The minimum absolute atomic E-state index is 0.220.